The van der Waals surface area contributed by atoms with Gasteiger partial charge in [-0.2, -0.15) is 0 Å². The summed E-state index contributed by atoms with van der Waals surface area (Å²) in [6.45, 7) is 8.04. The molecule has 0 fully saturated rings. The summed E-state index contributed by atoms with van der Waals surface area (Å²) in [6.07, 6.45) is 1.91. The molecule has 4 nitrogen and oxygen atoms in total. The van der Waals surface area contributed by atoms with Crippen molar-refractivity contribution in [2.75, 3.05) is 25.1 Å². The molecular weight excluding hydrogens is 254 g/mol. The molecule has 0 amide bonds. The molecule has 0 saturated heterocycles. The summed E-state index contributed by atoms with van der Waals surface area (Å²) in [6, 6.07) is 3.69. The lowest BCUT2D eigenvalue weighted by Crippen LogP contribution is -2.18. The quantitative estimate of drug-likeness (QED) is 0.839. The van der Waals surface area contributed by atoms with Crippen LogP contribution >= 0.6 is 0 Å². The third-order valence-corrected chi connectivity index (χ3v) is 3.25. The van der Waals surface area contributed by atoms with Gasteiger partial charge in [0.1, 0.15) is 5.75 Å². The first kappa shape index (κ1) is 14.7. The van der Waals surface area contributed by atoms with E-state index < -0.39 is 0 Å². The van der Waals surface area contributed by atoms with Crippen molar-refractivity contribution < 1.29 is 14.3 Å². The fourth-order valence-corrected chi connectivity index (χ4v) is 2.34. The third-order valence-electron chi connectivity index (χ3n) is 3.25. The molecule has 1 N–H and O–H groups in total. The zero-order chi connectivity index (χ0) is 14.5. The first-order valence-electron chi connectivity index (χ1n) is 7.33. The number of carbonyl (C=O) groups excluding carboxylic acids is 1. The Hall–Kier alpha value is -1.71. The molecule has 0 bridgehead atoms. The summed E-state index contributed by atoms with van der Waals surface area (Å²) in [4.78, 5) is 12.0. The van der Waals surface area contributed by atoms with Crippen LogP contribution in [0.3, 0.4) is 0 Å². The van der Waals surface area contributed by atoms with Crippen molar-refractivity contribution in [2.45, 2.75) is 33.6 Å². The monoisotopic (exact) mass is 277 g/mol. The van der Waals surface area contributed by atoms with Gasteiger partial charge in [0.25, 0.3) is 0 Å². The third kappa shape index (κ3) is 3.24. The van der Waals surface area contributed by atoms with E-state index in [9.17, 15) is 4.79 Å². The first-order valence-corrected chi connectivity index (χ1v) is 7.33. The second-order valence-electron chi connectivity index (χ2n) is 5.42. The zero-order valence-corrected chi connectivity index (χ0v) is 12.5. The predicted octanol–water partition coefficient (Wildman–Crippen LogP) is 3.26. The van der Waals surface area contributed by atoms with Crippen LogP contribution in [-0.2, 0) is 11.2 Å². The van der Waals surface area contributed by atoms with Gasteiger partial charge in [0, 0.05) is 6.54 Å². The fraction of sp³-hybridized carbons (Fsp3) is 0.562. The number of rotatable bonds is 5. The molecule has 20 heavy (non-hydrogen) atoms. The molecular formula is C16H23NO3. The molecule has 2 rings (SSSR count). The van der Waals surface area contributed by atoms with E-state index in [4.69, 9.17) is 9.47 Å². The topological polar surface area (TPSA) is 47.6 Å². The van der Waals surface area contributed by atoms with Gasteiger partial charge in [0.2, 0.25) is 0 Å². The second kappa shape index (κ2) is 6.64. The van der Waals surface area contributed by atoms with Crippen LogP contribution in [-0.4, -0.2) is 25.7 Å². The zero-order valence-electron chi connectivity index (χ0n) is 12.5. The molecule has 0 spiro atoms. The van der Waals surface area contributed by atoms with Crippen LogP contribution in [0.25, 0.3) is 0 Å². The molecule has 0 aromatic heterocycles. The predicted molar refractivity (Wildman–Crippen MR) is 79.5 cm³/mol. The second-order valence-corrected chi connectivity index (χ2v) is 5.42. The van der Waals surface area contributed by atoms with Gasteiger partial charge in [-0.15, -0.1) is 0 Å². The molecule has 1 aromatic carbocycles. The summed E-state index contributed by atoms with van der Waals surface area (Å²) < 4.78 is 11.0. The van der Waals surface area contributed by atoms with Gasteiger partial charge in [-0.3, -0.25) is 0 Å². The Morgan fingerprint density at radius 2 is 2.20 bits per heavy atom. The number of fused-ring (bicyclic) bond motifs is 1. The van der Waals surface area contributed by atoms with Gasteiger partial charge in [-0.1, -0.05) is 13.8 Å². The Balaban J connectivity index is 2.31. The number of benzene rings is 1. The van der Waals surface area contributed by atoms with E-state index in [1.807, 2.05) is 19.1 Å². The molecule has 1 heterocycles. The highest BCUT2D eigenvalue weighted by Gasteiger charge is 2.22. The molecule has 1 aliphatic rings. The lowest BCUT2D eigenvalue weighted by molar-refractivity contribution is 0.0525. The number of ether oxygens (including phenoxy) is 2. The van der Waals surface area contributed by atoms with Crippen LogP contribution in [0.5, 0.6) is 5.75 Å². The Morgan fingerprint density at radius 1 is 1.40 bits per heavy atom. The standard InChI is InChI=1S/C16H23NO3/c1-4-19-16(18)13-7-8-14(20-10-11(2)3)15-12(13)6-5-9-17-15/h7-8,11,17H,4-6,9-10H2,1-3H3. The molecule has 0 atom stereocenters. The van der Waals surface area contributed by atoms with Crippen LogP contribution in [0.15, 0.2) is 12.1 Å². The van der Waals surface area contributed by atoms with Crippen LogP contribution in [0.2, 0.25) is 0 Å². The molecule has 110 valence electrons. The summed E-state index contributed by atoms with van der Waals surface area (Å²) >= 11 is 0. The van der Waals surface area contributed by atoms with Crippen molar-refractivity contribution in [3.05, 3.63) is 23.3 Å². The number of carbonyl (C=O) groups is 1. The number of hydrogen-bond acceptors (Lipinski definition) is 4. The Morgan fingerprint density at radius 3 is 2.90 bits per heavy atom. The average molecular weight is 277 g/mol. The van der Waals surface area contributed by atoms with Gasteiger partial charge in [0.05, 0.1) is 24.5 Å². The Bertz CT molecular complexity index is 483. The largest absolute Gasteiger partial charge is 0.491 e. The maximum atomic E-state index is 12.0. The summed E-state index contributed by atoms with van der Waals surface area (Å²) in [5.74, 6) is 1.06. The minimum Gasteiger partial charge on any atom is -0.491 e. The SMILES string of the molecule is CCOC(=O)c1ccc(OCC(C)C)c2c1CCCN2. The Kier molecular flexibility index (Phi) is 4.88. The van der Waals surface area contributed by atoms with E-state index in [0.717, 1.165) is 36.4 Å². The minimum absolute atomic E-state index is 0.247. The van der Waals surface area contributed by atoms with E-state index in [0.29, 0.717) is 24.7 Å². The molecule has 0 radical (unpaired) electrons. The van der Waals surface area contributed by atoms with E-state index >= 15 is 0 Å². The summed E-state index contributed by atoms with van der Waals surface area (Å²) in [5, 5.41) is 3.36. The van der Waals surface area contributed by atoms with Crippen molar-refractivity contribution in [3.8, 4) is 5.75 Å². The van der Waals surface area contributed by atoms with Crippen LogP contribution in [0, 0.1) is 5.92 Å². The van der Waals surface area contributed by atoms with E-state index in [-0.39, 0.29) is 5.97 Å². The molecule has 1 aromatic rings. The van der Waals surface area contributed by atoms with Gasteiger partial charge in [-0.05, 0) is 43.4 Å². The minimum atomic E-state index is -0.247. The maximum Gasteiger partial charge on any atom is 0.338 e. The van der Waals surface area contributed by atoms with Crippen LogP contribution in [0.1, 0.15) is 43.1 Å². The smallest absolute Gasteiger partial charge is 0.338 e. The number of nitrogens with one attached hydrogen (secondary N) is 1. The molecule has 0 aliphatic carbocycles. The van der Waals surface area contributed by atoms with Gasteiger partial charge < -0.3 is 14.8 Å². The number of hydrogen-bond donors (Lipinski definition) is 1. The van der Waals surface area contributed by atoms with Gasteiger partial charge >= 0.3 is 5.97 Å². The average Bonchev–Trinajstić information content (AvgIpc) is 2.44. The van der Waals surface area contributed by atoms with E-state index in [1.54, 1.807) is 0 Å². The van der Waals surface area contributed by atoms with E-state index in [1.165, 1.54) is 0 Å². The lowest BCUT2D eigenvalue weighted by Gasteiger charge is -2.23. The normalized spacial score (nSPS) is 13.6. The summed E-state index contributed by atoms with van der Waals surface area (Å²) in [7, 11) is 0. The van der Waals surface area contributed by atoms with Crippen molar-refractivity contribution >= 4 is 11.7 Å². The first-order chi connectivity index (χ1) is 9.63. The molecule has 1 aliphatic heterocycles. The summed E-state index contributed by atoms with van der Waals surface area (Å²) in [5.41, 5.74) is 2.64. The van der Waals surface area contributed by atoms with Crippen molar-refractivity contribution in [2.24, 2.45) is 5.92 Å². The highest BCUT2D eigenvalue weighted by Crippen LogP contribution is 2.35. The van der Waals surface area contributed by atoms with Crippen molar-refractivity contribution in [1.29, 1.82) is 0 Å². The maximum absolute atomic E-state index is 12.0. The molecule has 4 heteroatoms. The van der Waals surface area contributed by atoms with Crippen LogP contribution < -0.4 is 10.1 Å². The number of anilines is 1. The highest BCUT2D eigenvalue weighted by atomic mass is 16.5. The molecule has 0 saturated carbocycles. The van der Waals surface area contributed by atoms with Crippen molar-refractivity contribution in [1.82, 2.24) is 0 Å². The fourth-order valence-electron chi connectivity index (χ4n) is 2.34. The van der Waals surface area contributed by atoms with Crippen LogP contribution in [0.4, 0.5) is 5.69 Å². The van der Waals surface area contributed by atoms with Crippen molar-refractivity contribution in [3.63, 3.8) is 0 Å². The Labute approximate surface area is 120 Å². The van der Waals surface area contributed by atoms with E-state index in [2.05, 4.69) is 19.2 Å². The van der Waals surface area contributed by atoms with Gasteiger partial charge in [-0.25, -0.2) is 4.79 Å². The lowest BCUT2D eigenvalue weighted by atomic mass is 9.97. The highest BCUT2D eigenvalue weighted by molar-refractivity contribution is 5.94. The number of esters is 1. The van der Waals surface area contributed by atoms with Gasteiger partial charge in [0.15, 0.2) is 0 Å². The molecule has 0 unspecified atom stereocenters.